The third-order valence-corrected chi connectivity index (χ3v) is 4.91. The molecule has 0 amide bonds. The number of rotatable bonds is 3. The molecule has 1 saturated carbocycles. The zero-order valence-electron chi connectivity index (χ0n) is 8.71. The van der Waals surface area contributed by atoms with Gasteiger partial charge in [0.2, 0.25) is 0 Å². The maximum absolute atomic E-state index is 5.98. The first kappa shape index (κ1) is 11.6. The van der Waals surface area contributed by atoms with Crippen LogP contribution in [0, 0.1) is 9.49 Å². The molecule has 3 heteroatoms. The van der Waals surface area contributed by atoms with Crippen LogP contribution in [0.1, 0.15) is 25.7 Å². The van der Waals surface area contributed by atoms with Crippen molar-refractivity contribution >= 4 is 40.0 Å². The largest absolute Gasteiger partial charge is 0.398 e. The smallest absolute Gasteiger partial charge is 0.0462 e. The molecule has 1 fully saturated rings. The third-order valence-electron chi connectivity index (χ3n) is 2.92. The molecule has 0 bridgehead atoms. The molecular formula is C12H16INS. The van der Waals surface area contributed by atoms with Crippen LogP contribution >= 0.6 is 34.4 Å². The Kier molecular flexibility index (Phi) is 4.20. The van der Waals surface area contributed by atoms with E-state index in [0.717, 1.165) is 11.6 Å². The minimum absolute atomic E-state index is 0.925. The molecule has 1 aliphatic rings. The summed E-state index contributed by atoms with van der Waals surface area (Å²) in [7, 11) is 0. The van der Waals surface area contributed by atoms with E-state index in [4.69, 9.17) is 5.73 Å². The molecule has 2 rings (SSSR count). The van der Waals surface area contributed by atoms with Gasteiger partial charge in [0, 0.05) is 19.9 Å². The summed E-state index contributed by atoms with van der Waals surface area (Å²) in [5.41, 5.74) is 6.92. The van der Waals surface area contributed by atoms with Gasteiger partial charge in [-0.1, -0.05) is 12.8 Å². The molecule has 0 radical (unpaired) electrons. The van der Waals surface area contributed by atoms with Gasteiger partial charge in [0.15, 0.2) is 0 Å². The van der Waals surface area contributed by atoms with Crippen LogP contribution in [-0.2, 0) is 0 Å². The Morgan fingerprint density at radius 3 is 2.73 bits per heavy atom. The second kappa shape index (κ2) is 5.43. The van der Waals surface area contributed by atoms with E-state index in [1.54, 1.807) is 0 Å². The van der Waals surface area contributed by atoms with Crippen molar-refractivity contribution in [3.8, 4) is 0 Å². The van der Waals surface area contributed by atoms with Crippen LogP contribution in [-0.4, -0.2) is 5.75 Å². The molecule has 0 atom stereocenters. The molecule has 1 aliphatic carbocycles. The van der Waals surface area contributed by atoms with Crippen molar-refractivity contribution in [1.82, 2.24) is 0 Å². The number of nitrogen functional groups attached to an aromatic ring is 1. The van der Waals surface area contributed by atoms with Gasteiger partial charge in [0.1, 0.15) is 0 Å². The molecule has 1 nitrogen and oxygen atoms in total. The third kappa shape index (κ3) is 3.28. The first-order valence-corrected chi connectivity index (χ1v) is 7.50. The highest BCUT2D eigenvalue weighted by Crippen LogP contribution is 2.33. The van der Waals surface area contributed by atoms with Crippen LogP contribution < -0.4 is 5.73 Å². The Bertz CT molecular complexity index is 334. The number of hydrogen-bond acceptors (Lipinski definition) is 2. The van der Waals surface area contributed by atoms with Gasteiger partial charge in [-0.15, -0.1) is 11.8 Å². The second-order valence-corrected chi connectivity index (χ2v) is 6.45. The minimum Gasteiger partial charge on any atom is -0.398 e. The van der Waals surface area contributed by atoms with Crippen LogP contribution in [0.2, 0.25) is 0 Å². The molecule has 1 aromatic rings. The van der Waals surface area contributed by atoms with E-state index in [2.05, 4.69) is 40.8 Å². The Morgan fingerprint density at radius 1 is 1.33 bits per heavy atom. The molecule has 15 heavy (non-hydrogen) atoms. The molecule has 0 spiro atoms. The fourth-order valence-electron chi connectivity index (χ4n) is 2.04. The first-order chi connectivity index (χ1) is 7.25. The molecule has 82 valence electrons. The van der Waals surface area contributed by atoms with Crippen molar-refractivity contribution in [3.63, 3.8) is 0 Å². The van der Waals surface area contributed by atoms with Crippen molar-refractivity contribution in [3.05, 3.63) is 21.8 Å². The van der Waals surface area contributed by atoms with Gasteiger partial charge in [0.05, 0.1) is 0 Å². The minimum atomic E-state index is 0.925. The Morgan fingerprint density at radius 2 is 2.07 bits per heavy atom. The lowest BCUT2D eigenvalue weighted by molar-refractivity contribution is 0.623. The number of nitrogens with two attached hydrogens (primary N) is 1. The average molecular weight is 333 g/mol. The molecule has 0 heterocycles. The maximum atomic E-state index is 5.98. The summed E-state index contributed by atoms with van der Waals surface area (Å²) in [5, 5.41) is 0. The zero-order valence-corrected chi connectivity index (χ0v) is 11.7. The first-order valence-electron chi connectivity index (χ1n) is 5.43. The molecule has 0 unspecified atom stereocenters. The summed E-state index contributed by atoms with van der Waals surface area (Å²) in [6.07, 6.45) is 5.68. The van der Waals surface area contributed by atoms with Crippen LogP contribution in [0.5, 0.6) is 0 Å². The van der Waals surface area contributed by atoms with Gasteiger partial charge >= 0.3 is 0 Å². The normalized spacial score (nSPS) is 17.1. The Balaban J connectivity index is 1.92. The van der Waals surface area contributed by atoms with Gasteiger partial charge in [-0.05, 0) is 59.5 Å². The highest BCUT2D eigenvalue weighted by atomic mass is 127. The van der Waals surface area contributed by atoms with Crippen LogP contribution in [0.4, 0.5) is 5.69 Å². The lowest BCUT2D eigenvalue weighted by Gasteiger charge is -2.10. The highest BCUT2D eigenvalue weighted by Gasteiger charge is 2.15. The number of halogens is 1. The summed E-state index contributed by atoms with van der Waals surface area (Å²) < 4.78 is 1.22. The van der Waals surface area contributed by atoms with Gasteiger partial charge in [-0.3, -0.25) is 0 Å². The van der Waals surface area contributed by atoms with Crippen molar-refractivity contribution < 1.29 is 0 Å². The lowest BCUT2D eigenvalue weighted by atomic mass is 10.1. The molecular weight excluding hydrogens is 317 g/mol. The summed E-state index contributed by atoms with van der Waals surface area (Å²) in [4.78, 5) is 1.25. The van der Waals surface area contributed by atoms with E-state index in [1.165, 1.54) is 39.9 Å². The zero-order chi connectivity index (χ0) is 10.7. The fourth-order valence-corrected chi connectivity index (χ4v) is 3.69. The highest BCUT2D eigenvalue weighted by molar-refractivity contribution is 14.1. The summed E-state index contributed by atoms with van der Waals surface area (Å²) >= 11 is 4.22. The SMILES string of the molecule is Nc1cc(I)ccc1SCC1CCCC1. The summed E-state index contributed by atoms with van der Waals surface area (Å²) in [5.74, 6) is 2.17. The van der Waals surface area contributed by atoms with E-state index in [1.807, 2.05) is 11.8 Å². The molecule has 1 aromatic carbocycles. The quantitative estimate of drug-likeness (QED) is 0.511. The summed E-state index contributed by atoms with van der Waals surface area (Å²) in [6.45, 7) is 0. The van der Waals surface area contributed by atoms with E-state index < -0.39 is 0 Å². The van der Waals surface area contributed by atoms with Crippen molar-refractivity contribution in [2.45, 2.75) is 30.6 Å². The van der Waals surface area contributed by atoms with Crippen LogP contribution in [0.3, 0.4) is 0 Å². The van der Waals surface area contributed by atoms with Gasteiger partial charge < -0.3 is 5.73 Å². The predicted octanol–water partition coefficient (Wildman–Crippen LogP) is 4.16. The van der Waals surface area contributed by atoms with E-state index >= 15 is 0 Å². The fraction of sp³-hybridized carbons (Fsp3) is 0.500. The Labute approximate surface area is 109 Å². The molecule has 0 aliphatic heterocycles. The van der Waals surface area contributed by atoms with Gasteiger partial charge in [-0.25, -0.2) is 0 Å². The van der Waals surface area contributed by atoms with Crippen molar-refractivity contribution in [2.24, 2.45) is 5.92 Å². The van der Waals surface area contributed by atoms with Crippen molar-refractivity contribution in [2.75, 3.05) is 11.5 Å². The standard InChI is InChI=1S/C12H16INS/c13-10-5-6-12(11(14)7-10)15-8-9-3-1-2-4-9/h5-7,9H,1-4,8,14H2. The van der Waals surface area contributed by atoms with Crippen LogP contribution in [0.15, 0.2) is 23.1 Å². The number of thioether (sulfide) groups is 1. The second-order valence-electron chi connectivity index (χ2n) is 4.14. The maximum Gasteiger partial charge on any atom is 0.0462 e. The number of anilines is 1. The topological polar surface area (TPSA) is 26.0 Å². The number of benzene rings is 1. The molecule has 2 N–H and O–H groups in total. The number of hydrogen-bond donors (Lipinski definition) is 1. The lowest BCUT2D eigenvalue weighted by Crippen LogP contribution is -1.97. The average Bonchev–Trinajstić information content (AvgIpc) is 2.69. The van der Waals surface area contributed by atoms with E-state index in [-0.39, 0.29) is 0 Å². The van der Waals surface area contributed by atoms with Crippen molar-refractivity contribution in [1.29, 1.82) is 0 Å². The van der Waals surface area contributed by atoms with E-state index in [9.17, 15) is 0 Å². The van der Waals surface area contributed by atoms with Gasteiger partial charge in [0.25, 0.3) is 0 Å². The van der Waals surface area contributed by atoms with E-state index in [0.29, 0.717) is 0 Å². The molecule has 0 aromatic heterocycles. The van der Waals surface area contributed by atoms with Crippen LogP contribution in [0.25, 0.3) is 0 Å². The predicted molar refractivity (Wildman–Crippen MR) is 76.3 cm³/mol. The Hall–Kier alpha value is 0.1000. The monoisotopic (exact) mass is 333 g/mol. The van der Waals surface area contributed by atoms with Gasteiger partial charge in [-0.2, -0.15) is 0 Å². The summed E-state index contributed by atoms with van der Waals surface area (Å²) in [6, 6.07) is 6.34. The molecule has 0 saturated heterocycles.